The molecule has 0 aliphatic carbocycles. The molecule has 1 aromatic heterocycles. The van der Waals surface area contributed by atoms with Crippen LogP contribution in [-0.4, -0.2) is 53.0 Å². The lowest BCUT2D eigenvalue weighted by molar-refractivity contribution is -0.131. The zero-order valence-electron chi connectivity index (χ0n) is 12.4. The van der Waals surface area contributed by atoms with Gasteiger partial charge in [-0.05, 0) is 25.2 Å². The van der Waals surface area contributed by atoms with E-state index < -0.39 is 5.97 Å². The Hall–Kier alpha value is -2.21. The van der Waals surface area contributed by atoms with Crippen LogP contribution in [0.25, 0.3) is 6.08 Å². The third-order valence-electron chi connectivity index (χ3n) is 3.11. The maximum absolute atomic E-state index is 12.1. The van der Waals surface area contributed by atoms with Crippen LogP contribution in [0.15, 0.2) is 24.5 Å². The van der Waals surface area contributed by atoms with Crippen molar-refractivity contribution in [3.05, 3.63) is 35.7 Å². The SMILES string of the molecule is CCN(CC)CCNC(=O)c1ccncc1C=CC(=O)O. The topological polar surface area (TPSA) is 82.5 Å². The van der Waals surface area contributed by atoms with Gasteiger partial charge in [0.05, 0.1) is 0 Å². The summed E-state index contributed by atoms with van der Waals surface area (Å²) in [4.78, 5) is 28.8. The Morgan fingerprint density at radius 3 is 2.71 bits per heavy atom. The third-order valence-corrected chi connectivity index (χ3v) is 3.11. The van der Waals surface area contributed by atoms with E-state index in [0.29, 0.717) is 17.7 Å². The van der Waals surface area contributed by atoms with Gasteiger partial charge in [0, 0.05) is 42.7 Å². The van der Waals surface area contributed by atoms with Crippen LogP contribution >= 0.6 is 0 Å². The van der Waals surface area contributed by atoms with Crippen LogP contribution in [0.5, 0.6) is 0 Å². The van der Waals surface area contributed by atoms with Gasteiger partial charge in [-0.2, -0.15) is 0 Å². The van der Waals surface area contributed by atoms with E-state index in [-0.39, 0.29) is 5.91 Å². The molecule has 1 aromatic rings. The lowest BCUT2D eigenvalue weighted by Crippen LogP contribution is -2.35. The summed E-state index contributed by atoms with van der Waals surface area (Å²) < 4.78 is 0. The molecule has 6 nitrogen and oxygen atoms in total. The average molecular weight is 291 g/mol. The van der Waals surface area contributed by atoms with Crippen molar-refractivity contribution in [2.24, 2.45) is 0 Å². The molecular formula is C15H21N3O3. The molecule has 0 radical (unpaired) electrons. The molecule has 0 unspecified atom stereocenters. The zero-order chi connectivity index (χ0) is 15.7. The number of hydrogen-bond acceptors (Lipinski definition) is 4. The molecule has 0 aliphatic heterocycles. The molecule has 0 spiro atoms. The van der Waals surface area contributed by atoms with E-state index in [1.165, 1.54) is 18.5 Å². The van der Waals surface area contributed by atoms with E-state index in [1.54, 1.807) is 6.07 Å². The Bertz CT molecular complexity index is 511. The Morgan fingerprint density at radius 1 is 1.38 bits per heavy atom. The number of aliphatic carboxylic acids is 1. The van der Waals surface area contributed by atoms with Crippen molar-refractivity contribution in [3.8, 4) is 0 Å². The van der Waals surface area contributed by atoms with E-state index in [2.05, 4.69) is 29.0 Å². The highest BCUT2D eigenvalue weighted by Crippen LogP contribution is 2.09. The number of nitrogens with one attached hydrogen (secondary N) is 1. The Balaban J connectivity index is 2.67. The second-order valence-electron chi connectivity index (χ2n) is 4.42. The molecule has 0 aromatic carbocycles. The molecule has 0 aliphatic rings. The number of carbonyl (C=O) groups excluding carboxylic acids is 1. The molecule has 0 saturated heterocycles. The molecule has 0 fully saturated rings. The second kappa shape index (κ2) is 8.86. The number of pyridine rings is 1. The highest BCUT2D eigenvalue weighted by molar-refractivity contribution is 5.98. The van der Waals surface area contributed by atoms with Gasteiger partial charge >= 0.3 is 5.97 Å². The van der Waals surface area contributed by atoms with Crippen molar-refractivity contribution in [1.82, 2.24) is 15.2 Å². The van der Waals surface area contributed by atoms with Crippen molar-refractivity contribution in [2.75, 3.05) is 26.2 Å². The number of amides is 1. The van der Waals surface area contributed by atoms with Gasteiger partial charge in [0.15, 0.2) is 0 Å². The molecule has 1 rings (SSSR count). The minimum absolute atomic E-state index is 0.227. The Morgan fingerprint density at radius 2 is 2.10 bits per heavy atom. The minimum Gasteiger partial charge on any atom is -0.478 e. The molecule has 0 bridgehead atoms. The van der Waals surface area contributed by atoms with Crippen LogP contribution in [0.1, 0.15) is 29.8 Å². The van der Waals surface area contributed by atoms with Crippen molar-refractivity contribution in [2.45, 2.75) is 13.8 Å². The van der Waals surface area contributed by atoms with Gasteiger partial charge in [-0.3, -0.25) is 9.78 Å². The molecule has 21 heavy (non-hydrogen) atoms. The van der Waals surface area contributed by atoms with Gasteiger partial charge in [0.1, 0.15) is 0 Å². The molecule has 114 valence electrons. The van der Waals surface area contributed by atoms with Gasteiger partial charge in [0.25, 0.3) is 5.91 Å². The summed E-state index contributed by atoms with van der Waals surface area (Å²) in [6.07, 6.45) is 5.34. The van der Waals surface area contributed by atoms with Crippen LogP contribution in [0.2, 0.25) is 0 Å². The van der Waals surface area contributed by atoms with E-state index in [4.69, 9.17) is 5.11 Å². The van der Waals surface area contributed by atoms with Gasteiger partial charge in [-0.1, -0.05) is 13.8 Å². The fourth-order valence-electron chi connectivity index (χ4n) is 1.87. The number of aromatic nitrogens is 1. The molecule has 6 heteroatoms. The Labute approximate surface area is 124 Å². The molecule has 2 N–H and O–H groups in total. The number of nitrogens with zero attached hydrogens (tertiary/aromatic N) is 2. The predicted octanol–water partition coefficient (Wildman–Crippen LogP) is 1.25. The number of carboxylic acids is 1. The normalized spacial score (nSPS) is 11.0. The molecule has 1 heterocycles. The number of rotatable bonds is 8. The van der Waals surface area contributed by atoms with E-state index >= 15 is 0 Å². The quantitative estimate of drug-likeness (QED) is 0.704. The zero-order valence-corrected chi connectivity index (χ0v) is 12.4. The number of hydrogen-bond donors (Lipinski definition) is 2. The van der Waals surface area contributed by atoms with Crippen molar-refractivity contribution < 1.29 is 14.7 Å². The van der Waals surface area contributed by atoms with Gasteiger partial charge in [-0.15, -0.1) is 0 Å². The predicted molar refractivity (Wildman–Crippen MR) is 81.0 cm³/mol. The monoisotopic (exact) mass is 291 g/mol. The second-order valence-corrected chi connectivity index (χ2v) is 4.42. The van der Waals surface area contributed by atoms with Crippen LogP contribution in [0.3, 0.4) is 0 Å². The number of carboxylic acid groups (broad SMARTS) is 1. The summed E-state index contributed by atoms with van der Waals surface area (Å²) in [6, 6.07) is 1.58. The maximum atomic E-state index is 12.1. The summed E-state index contributed by atoms with van der Waals surface area (Å²) in [5.41, 5.74) is 0.905. The van der Waals surface area contributed by atoms with Crippen molar-refractivity contribution in [1.29, 1.82) is 0 Å². The fraction of sp³-hybridized carbons (Fsp3) is 0.400. The minimum atomic E-state index is -1.06. The fourth-order valence-corrected chi connectivity index (χ4v) is 1.87. The van der Waals surface area contributed by atoms with Crippen LogP contribution in [-0.2, 0) is 4.79 Å². The average Bonchev–Trinajstić information content (AvgIpc) is 2.49. The summed E-state index contributed by atoms with van der Waals surface area (Å²) >= 11 is 0. The first kappa shape index (κ1) is 16.8. The Kier molecular flexibility index (Phi) is 7.11. The first-order valence-corrected chi connectivity index (χ1v) is 6.94. The van der Waals surface area contributed by atoms with Crippen LogP contribution < -0.4 is 5.32 Å². The van der Waals surface area contributed by atoms with Gasteiger partial charge in [-0.25, -0.2) is 4.79 Å². The van der Waals surface area contributed by atoms with Crippen molar-refractivity contribution >= 4 is 18.0 Å². The van der Waals surface area contributed by atoms with Crippen LogP contribution in [0, 0.1) is 0 Å². The van der Waals surface area contributed by atoms with Crippen molar-refractivity contribution in [3.63, 3.8) is 0 Å². The van der Waals surface area contributed by atoms with Gasteiger partial charge < -0.3 is 15.3 Å². The van der Waals surface area contributed by atoms with Gasteiger partial charge in [0.2, 0.25) is 0 Å². The standard InChI is InChI=1S/C15H21N3O3/c1-3-18(4-2)10-9-17-15(21)13-7-8-16-11-12(13)5-6-14(19)20/h5-8,11H,3-4,9-10H2,1-2H3,(H,17,21)(H,19,20). The largest absolute Gasteiger partial charge is 0.478 e. The summed E-state index contributed by atoms with van der Waals surface area (Å²) in [5.74, 6) is -1.29. The number of carbonyl (C=O) groups is 2. The smallest absolute Gasteiger partial charge is 0.328 e. The molecule has 0 saturated carbocycles. The van der Waals surface area contributed by atoms with Crippen LogP contribution in [0.4, 0.5) is 0 Å². The lowest BCUT2D eigenvalue weighted by atomic mass is 10.1. The highest BCUT2D eigenvalue weighted by atomic mass is 16.4. The number of likely N-dealkylation sites (N-methyl/N-ethyl adjacent to an activating group) is 1. The molecule has 1 amide bonds. The third kappa shape index (κ3) is 5.74. The maximum Gasteiger partial charge on any atom is 0.328 e. The lowest BCUT2D eigenvalue weighted by Gasteiger charge is -2.18. The molecular weight excluding hydrogens is 270 g/mol. The highest BCUT2D eigenvalue weighted by Gasteiger charge is 2.10. The van der Waals surface area contributed by atoms with E-state index in [9.17, 15) is 9.59 Å². The summed E-state index contributed by atoms with van der Waals surface area (Å²) in [7, 11) is 0. The van der Waals surface area contributed by atoms with E-state index in [0.717, 1.165) is 25.7 Å². The summed E-state index contributed by atoms with van der Waals surface area (Å²) in [5, 5.41) is 11.5. The van der Waals surface area contributed by atoms with E-state index in [1.807, 2.05) is 0 Å². The summed E-state index contributed by atoms with van der Waals surface area (Å²) in [6.45, 7) is 7.35. The molecule has 0 atom stereocenters. The first-order valence-electron chi connectivity index (χ1n) is 6.94. The first-order chi connectivity index (χ1) is 10.1.